The number of nitrogens with zero attached hydrogens (tertiary/aromatic N) is 2. The summed E-state index contributed by atoms with van der Waals surface area (Å²) in [5.74, 6) is 0. The molecule has 0 radical (unpaired) electrons. The van der Waals surface area contributed by atoms with Gasteiger partial charge in [-0.2, -0.15) is 0 Å². The quantitative estimate of drug-likeness (QED) is 0.792. The maximum absolute atomic E-state index is 3.52. The zero-order chi connectivity index (χ0) is 12.8. The minimum Gasteiger partial charge on any atom is -0.311 e. The average molecular weight is 247 g/mol. The Morgan fingerprint density at radius 1 is 1.06 bits per heavy atom. The number of hydrogen-bond donors (Lipinski definition) is 1. The van der Waals surface area contributed by atoms with Crippen molar-refractivity contribution in [1.29, 1.82) is 0 Å². The molecule has 0 aromatic heterocycles. The average Bonchev–Trinajstić information content (AvgIpc) is 2.39. The molecule has 2 rings (SSSR count). The zero-order valence-electron chi connectivity index (χ0n) is 11.7. The summed E-state index contributed by atoms with van der Waals surface area (Å²) in [6.07, 6.45) is 0. The van der Waals surface area contributed by atoms with E-state index in [0.717, 1.165) is 13.1 Å². The number of rotatable bonds is 5. The minimum atomic E-state index is 0.980. The van der Waals surface area contributed by atoms with Crippen molar-refractivity contribution in [1.82, 2.24) is 15.1 Å². The van der Waals surface area contributed by atoms with E-state index in [9.17, 15) is 0 Å². The SMILES string of the molecule is Cc1ccc(CNCCN2CCN(C)CC2)cc1. The molecule has 100 valence electrons. The third-order valence-corrected chi connectivity index (χ3v) is 3.65. The molecule has 1 N–H and O–H groups in total. The summed E-state index contributed by atoms with van der Waals surface area (Å²) in [5, 5.41) is 3.52. The molecule has 1 aliphatic heterocycles. The topological polar surface area (TPSA) is 18.5 Å². The van der Waals surface area contributed by atoms with E-state index < -0.39 is 0 Å². The van der Waals surface area contributed by atoms with Crippen molar-refractivity contribution in [2.45, 2.75) is 13.5 Å². The fourth-order valence-electron chi connectivity index (χ4n) is 2.25. The molecule has 0 saturated carbocycles. The summed E-state index contributed by atoms with van der Waals surface area (Å²) < 4.78 is 0. The number of likely N-dealkylation sites (N-methyl/N-ethyl adjacent to an activating group) is 1. The summed E-state index contributed by atoms with van der Waals surface area (Å²) in [6, 6.07) is 8.77. The fourth-order valence-corrected chi connectivity index (χ4v) is 2.25. The second kappa shape index (κ2) is 6.88. The second-order valence-electron chi connectivity index (χ2n) is 5.31. The number of hydrogen-bond acceptors (Lipinski definition) is 3. The largest absolute Gasteiger partial charge is 0.311 e. The molecular formula is C15H25N3. The van der Waals surface area contributed by atoms with Crippen molar-refractivity contribution >= 4 is 0 Å². The van der Waals surface area contributed by atoms with Gasteiger partial charge >= 0.3 is 0 Å². The molecule has 3 nitrogen and oxygen atoms in total. The first-order chi connectivity index (χ1) is 8.74. The lowest BCUT2D eigenvalue weighted by Crippen LogP contribution is -2.46. The molecule has 0 spiro atoms. The molecule has 1 heterocycles. The van der Waals surface area contributed by atoms with Gasteiger partial charge in [-0.05, 0) is 19.5 Å². The number of benzene rings is 1. The third kappa shape index (κ3) is 4.41. The second-order valence-corrected chi connectivity index (χ2v) is 5.31. The Kier molecular flexibility index (Phi) is 5.17. The Balaban J connectivity index is 1.60. The Hall–Kier alpha value is -0.900. The molecule has 0 bridgehead atoms. The highest BCUT2D eigenvalue weighted by atomic mass is 15.2. The van der Waals surface area contributed by atoms with Gasteiger partial charge in [0, 0.05) is 45.8 Å². The van der Waals surface area contributed by atoms with Crippen LogP contribution < -0.4 is 5.32 Å². The van der Waals surface area contributed by atoms with Crippen molar-refractivity contribution in [3.8, 4) is 0 Å². The van der Waals surface area contributed by atoms with E-state index in [1.54, 1.807) is 0 Å². The monoisotopic (exact) mass is 247 g/mol. The molecule has 0 unspecified atom stereocenters. The van der Waals surface area contributed by atoms with E-state index in [1.807, 2.05) is 0 Å². The molecule has 3 heteroatoms. The standard InChI is InChI=1S/C15H25N3/c1-14-3-5-15(6-4-14)13-16-7-8-18-11-9-17(2)10-12-18/h3-6,16H,7-13H2,1-2H3. The van der Waals surface area contributed by atoms with Gasteiger partial charge in [-0.1, -0.05) is 29.8 Å². The van der Waals surface area contributed by atoms with Crippen LogP contribution in [0.5, 0.6) is 0 Å². The van der Waals surface area contributed by atoms with E-state index in [-0.39, 0.29) is 0 Å². The van der Waals surface area contributed by atoms with Gasteiger partial charge in [-0.15, -0.1) is 0 Å². The highest BCUT2D eigenvalue weighted by Crippen LogP contribution is 2.02. The molecule has 18 heavy (non-hydrogen) atoms. The fraction of sp³-hybridized carbons (Fsp3) is 0.600. The number of aryl methyl sites for hydroxylation is 1. The molecule has 1 aromatic rings. The summed E-state index contributed by atoms with van der Waals surface area (Å²) in [7, 11) is 2.20. The van der Waals surface area contributed by atoms with E-state index in [4.69, 9.17) is 0 Å². The van der Waals surface area contributed by atoms with Crippen molar-refractivity contribution in [2.75, 3.05) is 46.3 Å². The lowest BCUT2D eigenvalue weighted by molar-refractivity contribution is 0.154. The summed E-state index contributed by atoms with van der Waals surface area (Å²) in [6.45, 7) is 10.2. The molecule has 0 amide bonds. The maximum atomic E-state index is 3.52. The van der Waals surface area contributed by atoms with E-state index in [0.29, 0.717) is 0 Å². The van der Waals surface area contributed by atoms with Crippen LogP contribution in [0.15, 0.2) is 24.3 Å². The first kappa shape index (κ1) is 13.5. The zero-order valence-corrected chi connectivity index (χ0v) is 11.7. The molecular weight excluding hydrogens is 222 g/mol. The van der Waals surface area contributed by atoms with Crippen LogP contribution in [0.4, 0.5) is 0 Å². The molecule has 0 atom stereocenters. The number of piperazine rings is 1. The Labute approximate surface area is 111 Å². The van der Waals surface area contributed by atoms with Crippen molar-refractivity contribution in [3.63, 3.8) is 0 Å². The Morgan fingerprint density at radius 3 is 2.39 bits per heavy atom. The van der Waals surface area contributed by atoms with Crippen LogP contribution in [-0.2, 0) is 6.54 Å². The van der Waals surface area contributed by atoms with Crippen molar-refractivity contribution in [3.05, 3.63) is 35.4 Å². The van der Waals surface area contributed by atoms with Crippen LogP contribution in [0.3, 0.4) is 0 Å². The highest BCUT2D eigenvalue weighted by Gasteiger charge is 2.12. The van der Waals surface area contributed by atoms with Gasteiger partial charge in [0.1, 0.15) is 0 Å². The summed E-state index contributed by atoms with van der Waals surface area (Å²) >= 11 is 0. The third-order valence-electron chi connectivity index (χ3n) is 3.65. The van der Waals surface area contributed by atoms with Crippen LogP contribution in [-0.4, -0.2) is 56.1 Å². The Morgan fingerprint density at radius 2 is 1.72 bits per heavy atom. The van der Waals surface area contributed by atoms with Crippen molar-refractivity contribution in [2.24, 2.45) is 0 Å². The molecule has 1 fully saturated rings. The summed E-state index contributed by atoms with van der Waals surface area (Å²) in [4.78, 5) is 4.94. The van der Waals surface area contributed by atoms with Crippen LogP contribution >= 0.6 is 0 Å². The molecule has 1 aliphatic rings. The van der Waals surface area contributed by atoms with Gasteiger partial charge in [0.05, 0.1) is 0 Å². The van der Waals surface area contributed by atoms with Gasteiger partial charge in [-0.25, -0.2) is 0 Å². The lowest BCUT2D eigenvalue weighted by atomic mass is 10.1. The van der Waals surface area contributed by atoms with Gasteiger partial charge in [0.25, 0.3) is 0 Å². The number of nitrogens with one attached hydrogen (secondary N) is 1. The lowest BCUT2D eigenvalue weighted by Gasteiger charge is -2.32. The molecule has 0 aliphatic carbocycles. The smallest absolute Gasteiger partial charge is 0.0206 e. The van der Waals surface area contributed by atoms with Gasteiger partial charge in [0.2, 0.25) is 0 Å². The Bertz CT molecular complexity index is 339. The van der Waals surface area contributed by atoms with Crippen molar-refractivity contribution < 1.29 is 0 Å². The minimum absolute atomic E-state index is 0.980. The van der Waals surface area contributed by atoms with Gasteiger partial charge in [0.15, 0.2) is 0 Å². The van der Waals surface area contributed by atoms with Crippen LogP contribution in [0.1, 0.15) is 11.1 Å². The highest BCUT2D eigenvalue weighted by molar-refractivity contribution is 5.20. The van der Waals surface area contributed by atoms with E-state index >= 15 is 0 Å². The first-order valence-electron chi connectivity index (χ1n) is 6.91. The van der Waals surface area contributed by atoms with Gasteiger partial charge in [-0.3, -0.25) is 4.90 Å². The predicted molar refractivity (Wildman–Crippen MR) is 76.8 cm³/mol. The van der Waals surface area contributed by atoms with Crippen LogP contribution in [0, 0.1) is 6.92 Å². The van der Waals surface area contributed by atoms with Crippen LogP contribution in [0.2, 0.25) is 0 Å². The van der Waals surface area contributed by atoms with Gasteiger partial charge < -0.3 is 10.2 Å². The predicted octanol–water partition coefficient (Wildman–Crippen LogP) is 1.33. The molecule has 1 aromatic carbocycles. The normalized spacial score (nSPS) is 18.1. The summed E-state index contributed by atoms with van der Waals surface area (Å²) in [5.41, 5.74) is 2.70. The maximum Gasteiger partial charge on any atom is 0.0206 e. The van der Waals surface area contributed by atoms with Crippen LogP contribution in [0.25, 0.3) is 0 Å². The van der Waals surface area contributed by atoms with E-state index in [1.165, 1.54) is 43.9 Å². The van der Waals surface area contributed by atoms with E-state index in [2.05, 4.69) is 53.4 Å². The first-order valence-corrected chi connectivity index (χ1v) is 6.91. The molecule has 1 saturated heterocycles.